The molecular weight excluding hydrogens is 304 g/mol. The molecule has 3 heterocycles. The van der Waals surface area contributed by atoms with Crippen LogP contribution in [0.2, 0.25) is 0 Å². The van der Waals surface area contributed by atoms with Crippen molar-refractivity contribution >= 4 is 5.91 Å². The molecule has 0 aliphatic carbocycles. The fourth-order valence-electron chi connectivity index (χ4n) is 3.36. The van der Waals surface area contributed by atoms with Crippen molar-refractivity contribution in [2.75, 3.05) is 19.6 Å². The van der Waals surface area contributed by atoms with Crippen molar-refractivity contribution in [3.05, 3.63) is 41.6 Å². The second-order valence-corrected chi connectivity index (χ2v) is 6.52. The van der Waals surface area contributed by atoms with E-state index in [0.717, 1.165) is 30.2 Å². The smallest absolute Gasteiger partial charge is 0.241 e. The van der Waals surface area contributed by atoms with Crippen LogP contribution in [0.25, 0.3) is 0 Å². The van der Waals surface area contributed by atoms with Gasteiger partial charge in [-0.3, -0.25) is 14.4 Å². The van der Waals surface area contributed by atoms with Gasteiger partial charge in [-0.2, -0.15) is 5.10 Å². The summed E-state index contributed by atoms with van der Waals surface area (Å²) in [5.74, 6) is 0.901. The number of nitrogens with zero attached hydrogens (tertiary/aromatic N) is 3. The van der Waals surface area contributed by atoms with E-state index in [1.807, 2.05) is 32.0 Å². The van der Waals surface area contributed by atoms with E-state index < -0.39 is 0 Å². The number of amides is 1. The summed E-state index contributed by atoms with van der Waals surface area (Å²) in [5, 5.41) is 7.40. The van der Waals surface area contributed by atoms with Gasteiger partial charge in [-0.1, -0.05) is 6.42 Å². The molecule has 0 saturated carbocycles. The molecule has 6 heteroatoms. The molecule has 2 aromatic heterocycles. The number of nitrogens with one attached hydrogen (secondary N) is 1. The van der Waals surface area contributed by atoms with E-state index in [2.05, 4.69) is 15.3 Å². The molecule has 1 amide bonds. The molecule has 0 aromatic carbocycles. The Bertz CT molecular complexity index is 657. The lowest BCUT2D eigenvalue weighted by atomic mass is 10.1. The highest BCUT2D eigenvalue weighted by atomic mass is 16.3. The highest BCUT2D eigenvalue weighted by Crippen LogP contribution is 2.24. The first-order valence-corrected chi connectivity index (χ1v) is 8.68. The van der Waals surface area contributed by atoms with Crippen LogP contribution in [0.1, 0.15) is 42.5 Å². The lowest BCUT2D eigenvalue weighted by Crippen LogP contribution is -2.41. The lowest BCUT2D eigenvalue weighted by molar-refractivity contribution is -0.122. The Hall–Kier alpha value is -2.08. The third-order valence-electron chi connectivity index (χ3n) is 4.59. The molecule has 0 spiro atoms. The first kappa shape index (κ1) is 16.8. The van der Waals surface area contributed by atoms with Gasteiger partial charge in [0, 0.05) is 12.2 Å². The Kier molecular flexibility index (Phi) is 5.35. The predicted molar refractivity (Wildman–Crippen MR) is 91.6 cm³/mol. The molecule has 0 bridgehead atoms. The van der Waals surface area contributed by atoms with Crippen molar-refractivity contribution in [3.63, 3.8) is 0 Å². The maximum absolute atomic E-state index is 12.3. The Morgan fingerprint density at radius 2 is 2.12 bits per heavy atom. The van der Waals surface area contributed by atoms with Gasteiger partial charge in [0.2, 0.25) is 5.91 Å². The van der Waals surface area contributed by atoms with Gasteiger partial charge in [-0.05, 0) is 58.0 Å². The van der Waals surface area contributed by atoms with Gasteiger partial charge < -0.3 is 9.73 Å². The minimum atomic E-state index is -0.0187. The Labute approximate surface area is 142 Å². The number of aryl methyl sites for hydroxylation is 2. The van der Waals surface area contributed by atoms with Crippen LogP contribution in [0.4, 0.5) is 0 Å². The quantitative estimate of drug-likeness (QED) is 0.883. The minimum Gasteiger partial charge on any atom is -0.468 e. The highest BCUT2D eigenvalue weighted by molar-refractivity contribution is 5.75. The van der Waals surface area contributed by atoms with Crippen molar-refractivity contribution in [1.29, 1.82) is 0 Å². The van der Waals surface area contributed by atoms with Crippen LogP contribution < -0.4 is 5.32 Å². The number of carbonyl (C=O) groups excluding carboxylic acids is 1. The van der Waals surface area contributed by atoms with Crippen LogP contribution in [-0.2, 0) is 11.3 Å². The lowest BCUT2D eigenvalue weighted by Gasteiger charge is -2.33. The summed E-state index contributed by atoms with van der Waals surface area (Å²) in [6.07, 6.45) is 5.39. The van der Waals surface area contributed by atoms with Crippen LogP contribution in [0.3, 0.4) is 0 Å². The summed E-state index contributed by atoms with van der Waals surface area (Å²) in [6.45, 7) is 6.82. The number of rotatable bonds is 6. The number of furan rings is 1. The van der Waals surface area contributed by atoms with Crippen LogP contribution >= 0.6 is 0 Å². The zero-order valence-electron chi connectivity index (χ0n) is 14.5. The summed E-state index contributed by atoms with van der Waals surface area (Å²) < 4.78 is 7.35. The molecule has 1 saturated heterocycles. The Balaban J connectivity index is 1.60. The van der Waals surface area contributed by atoms with E-state index in [0.29, 0.717) is 6.54 Å². The second kappa shape index (κ2) is 7.66. The number of hydrogen-bond donors (Lipinski definition) is 1. The predicted octanol–water partition coefficient (Wildman–Crippen LogP) is 2.44. The standard InChI is InChI=1S/C18H26N4O2/c1-14-11-15(2)22(20-14)13-18(23)19-12-16(17-7-6-10-24-17)21-8-4-3-5-9-21/h6-7,10-11,16H,3-5,8-9,12-13H2,1-2H3,(H,19,23). The third-order valence-corrected chi connectivity index (χ3v) is 4.59. The van der Waals surface area contributed by atoms with Crippen molar-refractivity contribution < 1.29 is 9.21 Å². The molecule has 1 N–H and O–H groups in total. The van der Waals surface area contributed by atoms with Gasteiger partial charge in [-0.15, -0.1) is 0 Å². The van der Waals surface area contributed by atoms with E-state index in [4.69, 9.17) is 4.42 Å². The van der Waals surface area contributed by atoms with Crippen LogP contribution in [-0.4, -0.2) is 40.2 Å². The molecule has 1 aliphatic rings. The zero-order chi connectivity index (χ0) is 16.9. The number of hydrogen-bond acceptors (Lipinski definition) is 4. The van der Waals surface area contributed by atoms with Gasteiger partial charge in [0.1, 0.15) is 12.3 Å². The zero-order valence-corrected chi connectivity index (χ0v) is 14.5. The van der Waals surface area contributed by atoms with E-state index in [1.54, 1.807) is 10.9 Å². The molecule has 3 rings (SSSR count). The van der Waals surface area contributed by atoms with Gasteiger partial charge in [0.25, 0.3) is 0 Å². The van der Waals surface area contributed by atoms with Gasteiger partial charge >= 0.3 is 0 Å². The average molecular weight is 330 g/mol. The normalized spacial score (nSPS) is 16.9. The van der Waals surface area contributed by atoms with E-state index in [9.17, 15) is 4.79 Å². The summed E-state index contributed by atoms with van der Waals surface area (Å²) in [5.41, 5.74) is 1.93. The number of aromatic nitrogens is 2. The van der Waals surface area contributed by atoms with Crippen LogP contribution in [0, 0.1) is 13.8 Å². The molecule has 1 aliphatic heterocycles. The molecule has 1 fully saturated rings. The van der Waals surface area contributed by atoms with Gasteiger partial charge in [0.15, 0.2) is 0 Å². The van der Waals surface area contributed by atoms with E-state index >= 15 is 0 Å². The van der Waals surface area contributed by atoms with Gasteiger partial charge in [0.05, 0.1) is 18.0 Å². The van der Waals surface area contributed by atoms with Crippen LogP contribution in [0.5, 0.6) is 0 Å². The molecule has 2 aromatic rings. The van der Waals surface area contributed by atoms with Crippen molar-refractivity contribution in [1.82, 2.24) is 20.0 Å². The van der Waals surface area contributed by atoms with Crippen LogP contribution in [0.15, 0.2) is 28.9 Å². The highest BCUT2D eigenvalue weighted by Gasteiger charge is 2.25. The largest absolute Gasteiger partial charge is 0.468 e. The first-order chi connectivity index (χ1) is 11.6. The number of piperidine rings is 1. The maximum atomic E-state index is 12.3. The van der Waals surface area contributed by atoms with Gasteiger partial charge in [-0.25, -0.2) is 0 Å². The maximum Gasteiger partial charge on any atom is 0.241 e. The fraction of sp³-hybridized carbons (Fsp3) is 0.556. The SMILES string of the molecule is Cc1cc(C)n(CC(=O)NCC(c2ccco2)N2CCCCC2)n1. The Morgan fingerprint density at radius 3 is 2.75 bits per heavy atom. The summed E-state index contributed by atoms with van der Waals surface area (Å²) in [6, 6.07) is 5.98. The van der Waals surface area contributed by atoms with E-state index in [-0.39, 0.29) is 18.5 Å². The number of carbonyl (C=O) groups is 1. The van der Waals surface area contributed by atoms with Crippen molar-refractivity contribution in [2.24, 2.45) is 0 Å². The average Bonchev–Trinajstić information content (AvgIpc) is 3.19. The minimum absolute atomic E-state index is 0.0187. The summed E-state index contributed by atoms with van der Waals surface area (Å²) in [4.78, 5) is 14.7. The van der Waals surface area contributed by atoms with Crippen molar-refractivity contribution in [3.8, 4) is 0 Å². The molecule has 1 atom stereocenters. The molecular formula is C18H26N4O2. The second-order valence-electron chi connectivity index (χ2n) is 6.52. The molecule has 1 unspecified atom stereocenters. The topological polar surface area (TPSA) is 63.3 Å². The summed E-state index contributed by atoms with van der Waals surface area (Å²) in [7, 11) is 0. The third kappa shape index (κ3) is 4.06. The summed E-state index contributed by atoms with van der Waals surface area (Å²) >= 11 is 0. The molecule has 6 nitrogen and oxygen atoms in total. The molecule has 130 valence electrons. The monoisotopic (exact) mass is 330 g/mol. The van der Waals surface area contributed by atoms with E-state index in [1.165, 1.54) is 19.3 Å². The molecule has 0 radical (unpaired) electrons. The first-order valence-electron chi connectivity index (χ1n) is 8.68. The molecule has 24 heavy (non-hydrogen) atoms. The van der Waals surface area contributed by atoms with Crippen molar-refractivity contribution in [2.45, 2.75) is 45.7 Å². The number of likely N-dealkylation sites (tertiary alicyclic amines) is 1. The fourth-order valence-corrected chi connectivity index (χ4v) is 3.36. The Morgan fingerprint density at radius 1 is 1.33 bits per heavy atom.